The maximum absolute atomic E-state index is 13.7. The van der Waals surface area contributed by atoms with Gasteiger partial charge in [-0.15, -0.1) is 0 Å². The zero-order valence-electron chi connectivity index (χ0n) is 18.5. The molecule has 176 valence electrons. The first-order valence-corrected chi connectivity index (χ1v) is 10.7. The van der Waals surface area contributed by atoms with Crippen LogP contribution in [0, 0.1) is 13.8 Å². The number of morpholine rings is 1. The average molecular weight is 470 g/mol. The van der Waals surface area contributed by atoms with Crippen LogP contribution in [0.2, 0.25) is 0 Å². The Bertz CT molecular complexity index is 1440. The minimum absolute atomic E-state index is 0.0342. The van der Waals surface area contributed by atoms with Crippen molar-refractivity contribution in [2.45, 2.75) is 20.0 Å². The van der Waals surface area contributed by atoms with Crippen molar-refractivity contribution in [1.82, 2.24) is 14.5 Å². The molecule has 10 heteroatoms. The Hall–Kier alpha value is -3.66. The summed E-state index contributed by atoms with van der Waals surface area (Å²) in [6, 6.07) is 9.06. The monoisotopic (exact) mass is 470 g/mol. The number of halogens is 3. The van der Waals surface area contributed by atoms with Gasteiger partial charge in [0.25, 0.3) is 0 Å². The topological polar surface area (TPSA) is 80.5 Å². The van der Waals surface area contributed by atoms with Gasteiger partial charge >= 0.3 is 12.1 Å². The zero-order valence-corrected chi connectivity index (χ0v) is 18.5. The van der Waals surface area contributed by atoms with Crippen molar-refractivity contribution in [2.24, 2.45) is 0 Å². The number of carboxylic acid groups (broad SMARTS) is 1. The van der Waals surface area contributed by atoms with E-state index < -0.39 is 17.7 Å². The van der Waals surface area contributed by atoms with Crippen LogP contribution < -0.4 is 4.90 Å². The summed E-state index contributed by atoms with van der Waals surface area (Å²) in [5, 5.41) is 10.2. The van der Waals surface area contributed by atoms with E-state index in [9.17, 15) is 23.1 Å². The lowest BCUT2D eigenvalue weighted by Gasteiger charge is -2.29. The van der Waals surface area contributed by atoms with Crippen LogP contribution in [0.3, 0.4) is 0 Å². The number of benzene rings is 2. The summed E-state index contributed by atoms with van der Waals surface area (Å²) in [5.41, 5.74) is 1.39. The summed E-state index contributed by atoms with van der Waals surface area (Å²) in [5.74, 6) is -0.666. The van der Waals surface area contributed by atoms with E-state index in [1.165, 1.54) is 6.07 Å². The molecule has 1 fully saturated rings. The molecule has 1 aliphatic heterocycles. The molecule has 7 nitrogen and oxygen atoms in total. The standard InChI is InChI=1S/C24H21F3N4O3/c1-13-10-19(16-4-3-5-18(21(16)28-13)24(25,26)27)31-14(2)29-22-17(23(32)33)11-15(12-20(22)31)30-6-8-34-9-7-30/h3-5,10-12H,6-9H2,1-2H3,(H,32,33). The van der Waals surface area contributed by atoms with E-state index in [0.29, 0.717) is 60.1 Å². The van der Waals surface area contributed by atoms with Crippen molar-refractivity contribution >= 4 is 33.6 Å². The Balaban J connectivity index is 1.83. The molecule has 0 radical (unpaired) electrons. The van der Waals surface area contributed by atoms with Crippen molar-refractivity contribution < 1.29 is 27.8 Å². The molecule has 2 aromatic heterocycles. The maximum atomic E-state index is 13.7. The van der Waals surface area contributed by atoms with Gasteiger partial charge in [0, 0.05) is 29.9 Å². The number of aromatic carboxylic acids is 1. The van der Waals surface area contributed by atoms with Crippen LogP contribution in [-0.2, 0) is 10.9 Å². The Kier molecular flexibility index (Phi) is 5.20. The van der Waals surface area contributed by atoms with Crippen molar-refractivity contribution in [1.29, 1.82) is 0 Å². The van der Waals surface area contributed by atoms with Crippen LogP contribution in [0.25, 0.3) is 27.6 Å². The van der Waals surface area contributed by atoms with Crippen LogP contribution in [0.4, 0.5) is 18.9 Å². The van der Waals surface area contributed by atoms with E-state index in [2.05, 4.69) is 9.97 Å². The lowest BCUT2D eigenvalue weighted by molar-refractivity contribution is -0.136. The summed E-state index contributed by atoms with van der Waals surface area (Å²) in [7, 11) is 0. The number of aryl methyl sites for hydroxylation is 2. The number of fused-ring (bicyclic) bond motifs is 2. The van der Waals surface area contributed by atoms with Gasteiger partial charge in [0.1, 0.15) is 11.3 Å². The van der Waals surface area contributed by atoms with E-state index in [1.807, 2.05) is 11.0 Å². The molecule has 0 atom stereocenters. The Labute approximate surface area is 192 Å². The smallest absolute Gasteiger partial charge is 0.418 e. The Morgan fingerprint density at radius 2 is 1.79 bits per heavy atom. The molecule has 0 unspecified atom stereocenters. The van der Waals surface area contributed by atoms with Gasteiger partial charge in [0.15, 0.2) is 0 Å². The van der Waals surface area contributed by atoms with Gasteiger partial charge in [-0.1, -0.05) is 12.1 Å². The first-order valence-electron chi connectivity index (χ1n) is 10.7. The molecule has 1 N–H and O–H groups in total. The normalized spacial score (nSPS) is 14.8. The van der Waals surface area contributed by atoms with Gasteiger partial charge in [-0.3, -0.25) is 9.55 Å². The maximum Gasteiger partial charge on any atom is 0.418 e. The number of para-hydroxylation sites is 1. The molecule has 0 amide bonds. The highest BCUT2D eigenvalue weighted by atomic mass is 19.4. The first-order chi connectivity index (χ1) is 16.1. The summed E-state index contributed by atoms with van der Waals surface area (Å²) >= 11 is 0. The third-order valence-corrected chi connectivity index (χ3v) is 6.01. The van der Waals surface area contributed by atoms with Gasteiger partial charge in [-0.2, -0.15) is 13.2 Å². The molecule has 4 aromatic rings. The highest BCUT2D eigenvalue weighted by molar-refractivity contribution is 6.04. The molecule has 5 rings (SSSR count). The Morgan fingerprint density at radius 3 is 2.47 bits per heavy atom. The average Bonchev–Trinajstić information content (AvgIpc) is 3.12. The number of hydrogen-bond acceptors (Lipinski definition) is 5. The van der Waals surface area contributed by atoms with Crippen LogP contribution in [0.5, 0.6) is 0 Å². The summed E-state index contributed by atoms with van der Waals surface area (Å²) in [6.07, 6.45) is -4.57. The lowest BCUT2D eigenvalue weighted by atomic mass is 10.1. The minimum Gasteiger partial charge on any atom is -0.478 e. The van der Waals surface area contributed by atoms with Crippen LogP contribution in [-0.4, -0.2) is 51.9 Å². The second-order valence-electron chi connectivity index (χ2n) is 8.24. The zero-order chi connectivity index (χ0) is 24.2. The van der Waals surface area contributed by atoms with Crippen molar-refractivity contribution in [2.75, 3.05) is 31.2 Å². The Morgan fingerprint density at radius 1 is 1.06 bits per heavy atom. The van der Waals surface area contributed by atoms with E-state index in [0.717, 1.165) is 6.07 Å². The molecular formula is C24H21F3N4O3. The second-order valence-corrected chi connectivity index (χ2v) is 8.24. The number of ether oxygens (including phenoxy) is 1. The molecule has 3 heterocycles. The number of rotatable bonds is 3. The number of aromatic nitrogens is 3. The summed E-state index contributed by atoms with van der Waals surface area (Å²) in [6.45, 7) is 5.58. The minimum atomic E-state index is -4.57. The fourth-order valence-corrected chi connectivity index (χ4v) is 4.52. The van der Waals surface area contributed by atoms with Gasteiger partial charge in [0.05, 0.1) is 41.1 Å². The largest absolute Gasteiger partial charge is 0.478 e. The van der Waals surface area contributed by atoms with Gasteiger partial charge in [-0.05, 0) is 38.1 Å². The van der Waals surface area contributed by atoms with Crippen LogP contribution >= 0.6 is 0 Å². The number of imidazole rings is 1. The van der Waals surface area contributed by atoms with Gasteiger partial charge in [0.2, 0.25) is 0 Å². The SMILES string of the molecule is Cc1cc(-n2c(C)nc3c(C(=O)O)cc(N4CCOCC4)cc32)c2cccc(C(F)(F)F)c2n1. The van der Waals surface area contributed by atoms with Gasteiger partial charge in [-0.25, -0.2) is 9.78 Å². The molecule has 0 bridgehead atoms. The highest BCUT2D eigenvalue weighted by Crippen LogP contribution is 2.37. The molecule has 1 saturated heterocycles. The molecule has 0 saturated carbocycles. The number of pyridine rings is 1. The van der Waals surface area contributed by atoms with E-state index in [1.54, 1.807) is 36.6 Å². The van der Waals surface area contributed by atoms with Crippen molar-refractivity contribution in [3.8, 4) is 5.69 Å². The number of carboxylic acids is 1. The van der Waals surface area contributed by atoms with Crippen molar-refractivity contribution in [3.05, 3.63) is 59.0 Å². The third-order valence-electron chi connectivity index (χ3n) is 6.01. The van der Waals surface area contributed by atoms with E-state index >= 15 is 0 Å². The highest BCUT2D eigenvalue weighted by Gasteiger charge is 2.34. The summed E-state index contributed by atoms with van der Waals surface area (Å²) < 4.78 is 48.3. The molecule has 0 aliphatic carbocycles. The number of carbonyl (C=O) groups is 1. The van der Waals surface area contributed by atoms with Crippen molar-refractivity contribution in [3.63, 3.8) is 0 Å². The van der Waals surface area contributed by atoms with Gasteiger partial charge < -0.3 is 14.7 Å². The predicted octanol–water partition coefficient (Wildman–Crippen LogP) is 4.74. The molecule has 34 heavy (non-hydrogen) atoms. The number of anilines is 1. The fraction of sp³-hybridized carbons (Fsp3) is 0.292. The third kappa shape index (κ3) is 3.63. The lowest BCUT2D eigenvalue weighted by Crippen LogP contribution is -2.36. The molecule has 2 aromatic carbocycles. The molecular weight excluding hydrogens is 449 g/mol. The first kappa shape index (κ1) is 22.1. The molecule has 0 spiro atoms. The van der Waals surface area contributed by atoms with E-state index in [-0.39, 0.29) is 16.6 Å². The predicted molar refractivity (Wildman–Crippen MR) is 121 cm³/mol. The quantitative estimate of drug-likeness (QED) is 0.466. The number of hydrogen-bond donors (Lipinski definition) is 1. The molecule has 1 aliphatic rings. The summed E-state index contributed by atoms with van der Waals surface area (Å²) in [4.78, 5) is 22.8. The number of alkyl halides is 3. The fourth-order valence-electron chi connectivity index (χ4n) is 4.52. The van der Waals surface area contributed by atoms with Crippen LogP contribution in [0.15, 0.2) is 36.4 Å². The van der Waals surface area contributed by atoms with Crippen LogP contribution in [0.1, 0.15) is 27.4 Å². The van der Waals surface area contributed by atoms with E-state index in [4.69, 9.17) is 4.74 Å². The number of nitrogens with zero attached hydrogens (tertiary/aromatic N) is 4. The second kappa shape index (κ2) is 7.98.